The third kappa shape index (κ3) is 3.12. The van der Waals surface area contributed by atoms with Gasteiger partial charge in [0, 0.05) is 12.3 Å². The largest absolute Gasteiger partial charge is 0.374 e. The monoisotopic (exact) mass is 271 g/mol. The van der Waals surface area contributed by atoms with Crippen molar-refractivity contribution < 1.29 is 4.92 Å². The molecule has 0 atom stereocenters. The summed E-state index contributed by atoms with van der Waals surface area (Å²) in [6, 6.07) is 9.09. The molecule has 0 spiro atoms. The molecule has 5 heteroatoms. The Morgan fingerprint density at radius 1 is 1.35 bits per heavy atom. The summed E-state index contributed by atoms with van der Waals surface area (Å²) in [5.74, 6) is 0. The van der Waals surface area contributed by atoms with Gasteiger partial charge in [-0.05, 0) is 36.6 Å². The van der Waals surface area contributed by atoms with Crippen LogP contribution in [-0.2, 0) is 13.0 Å². The minimum Gasteiger partial charge on any atom is -0.374 e. The van der Waals surface area contributed by atoms with Crippen LogP contribution in [-0.4, -0.2) is 9.91 Å². The van der Waals surface area contributed by atoms with E-state index < -0.39 is 0 Å². The lowest BCUT2D eigenvalue weighted by Gasteiger charge is -2.10. The summed E-state index contributed by atoms with van der Waals surface area (Å²) in [6.45, 7) is 4.38. The van der Waals surface area contributed by atoms with Crippen LogP contribution in [0.25, 0.3) is 0 Å². The van der Waals surface area contributed by atoms with Crippen LogP contribution in [0.5, 0.6) is 0 Å². The first-order valence-corrected chi connectivity index (χ1v) is 6.53. The van der Waals surface area contributed by atoms with E-state index >= 15 is 0 Å². The van der Waals surface area contributed by atoms with E-state index in [0.29, 0.717) is 12.2 Å². The van der Waals surface area contributed by atoms with Gasteiger partial charge in [-0.2, -0.15) is 0 Å². The molecule has 1 N–H and O–H groups in total. The fraction of sp³-hybridized carbons (Fsp3) is 0.267. The highest BCUT2D eigenvalue weighted by atomic mass is 16.6. The fourth-order valence-electron chi connectivity index (χ4n) is 2.07. The Morgan fingerprint density at radius 3 is 2.85 bits per heavy atom. The molecule has 0 unspecified atom stereocenters. The number of nitrogens with one attached hydrogen (secondary N) is 1. The molecule has 20 heavy (non-hydrogen) atoms. The van der Waals surface area contributed by atoms with Crippen molar-refractivity contribution in [3.05, 3.63) is 63.5 Å². The third-order valence-corrected chi connectivity index (χ3v) is 3.16. The van der Waals surface area contributed by atoms with E-state index in [1.165, 1.54) is 0 Å². The van der Waals surface area contributed by atoms with Crippen LogP contribution in [0.15, 0.2) is 36.5 Å². The number of nitro groups is 1. The first kappa shape index (κ1) is 14.0. The average molecular weight is 271 g/mol. The highest BCUT2D eigenvalue weighted by molar-refractivity contribution is 5.62. The van der Waals surface area contributed by atoms with Crippen LogP contribution in [0.2, 0.25) is 0 Å². The Morgan fingerprint density at radius 2 is 2.15 bits per heavy atom. The highest BCUT2D eigenvalue weighted by Crippen LogP contribution is 2.25. The van der Waals surface area contributed by atoms with Crippen molar-refractivity contribution in [2.75, 3.05) is 5.32 Å². The molecule has 0 saturated heterocycles. The lowest BCUT2D eigenvalue weighted by Crippen LogP contribution is -2.06. The molecule has 1 heterocycles. The molecule has 0 aliphatic carbocycles. The number of pyridine rings is 1. The Labute approximate surface area is 117 Å². The van der Waals surface area contributed by atoms with Crippen LogP contribution in [0.1, 0.15) is 23.7 Å². The zero-order valence-corrected chi connectivity index (χ0v) is 11.6. The van der Waals surface area contributed by atoms with Gasteiger partial charge in [0.2, 0.25) is 0 Å². The number of nitro benzene ring substituents is 1. The van der Waals surface area contributed by atoms with E-state index in [-0.39, 0.29) is 10.6 Å². The second-order valence-corrected chi connectivity index (χ2v) is 4.59. The molecular weight excluding hydrogens is 254 g/mol. The summed E-state index contributed by atoms with van der Waals surface area (Å²) in [5.41, 5.74) is 3.56. The number of aromatic nitrogens is 1. The van der Waals surface area contributed by atoms with Gasteiger partial charge < -0.3 is 5.32 Å². The van der Waals surface area contributed by atoms with E-state index in [2.05, 4.69) is 17.2 Å². The zero-order valence-electron chi connectivity index (χ0n) is 11.6. The van der Waals surface area contributed by atoms with Crippen molar-refractivity contribution in [3.8, 4) is 0 Å². The predicted molar refractivity (Wildman–Crippen MR) is 78.8 cm³/mol. The summed E-state index contributed by atoms with van der Waals surface area (Å²) >= 11 is 0. The van der Waals surface area contributed by atoms with Crippen LogP contribution in [0.3, 0.4) is 0 Å². The summed E-state index contributed by atoms with van der Waals surface area (Å²) in [4.78, 5) is 15.0. The second-order valence-electron chi connectivity index (χ2n) is 4.59. The van der Waals surface area contributed by atoms with E-state index in [4.69, 9.17) is 0 Å². The lowest BCUT2D eigenvalue weighted by atomic mass is 10.1. The van der Waals surface area contributed by atoms with E-state index in [0.717, 1.165) is 23.2 Å². The maximum atomic E-state index is 11.1. The smallest absolute Gasteiger partial charge is 0.292 e. The average Bonchev–Trinajstić information content (AvgIpc) is 2.46. The van der Waals surface area contributed by atoms with Gasteiger partial charge in [-0.1, -0.05) is 19.1 Å². The SMILES string of the molecule is CCc1cccnc1CNc1ccc(C)cc1[N+](=O)[O-]. The molecular formula is C15H17N3O2. The molecule has 0 bridgehead atoms. The Hall–Kier alpha value is -2.43. The van der Waals surface area contributed by atoms with Gasteiger partial charge in [-0.15, -0.1) is 0 Å². The number of rotatable bonds is 5. The van der Waals surface area contributed by atoms with Crippen molar-refractivity contribution in [2.45, 2.75) is 26.8 Å². The van der Waals surface area contributed by atoms with E-state index in [9.17, 15) is 10.1 Å². The Kier molecular flexibility index (Phi) is 4.30. The Balaban J connectivity index is 2.21. The maximum absolute atomic E-state index is 11.1. The summed E-state index contributed by atoms with van der Waals surface area (Å²) in [6.07, 6.45) is 2.63. The molecule has 0 amide bonds. The molecule has 0 saturated carbocycles. The van der Waals surface area contributed by atoms with Crippen LogP contribution < -0.4 is 5.32 Å². The van der Waals surface area contributed by atoms with Gasteiger partial charge in [0.05, 0.1) is 17.2 Å². The minimum absolute atomic E-state index is 0.0963. The first-order valence-electron chi connectivity index (χ1n) is 6.53. The molecule has 104 valence electrons. The van der Waals surface area contributed by atoms with Crippen molar-refractivity contribution in [3.63, 3.8) is 0 Å². The van der Waals surface area contributed by atoms with Crippen molar-refractivity contribution in [1.29, 1.82) is 0 Å². The fourth-order valence-corrected chi connectivity index (χ4v) is 2.07. The summed E-state index contributed by atoms with van der Waals surface area (Å²) in [7, 11) is 0. The quantitative estimate of drug-likeness (QED) is 0.667. The topological polar surface area (TPSA) is 68.1 Å². The predicted octanol–water partition coefficient (Wildman–Crippen LogP) is 3.47. The van der Waals surface area contributed by atoms with Gasteiger partial charge >= 0.3 is 0 Å². The minimum atomic E-state index is -0.367. The molecule has 2 aromatic rings. The normalized spacial score (nSPS) is 10.3. The summed E-state index contributed by atoms with van der Waals surface area (Å²) < 4.78 is 0. The molecule has 0 aliphatic rings. The van der Waals surface area contributed by atoms with Gasteiger partial charge in [-0.25, -0.2) is 0 Å². The third-order valence-electron chi connectivity index (χ3n) is 3.16. The number of aryl methyl sites for hydroxylation is 2. The Bertz CT molecular complexity index is 626. The number of anilines is 1. The lowest BCUT2D eigenvalue weighted by molar-refractivity contribution is -0.384. The maximum Gasteiger partial charge on any atom is 0.292 e. The van der Waals surface area contributed by atoms with E-state index in [1.54, 1.807) is 18.3 Å². The van der Waals surface area contributed by atoms with Crippen molar-refractivity contribution in [2.24, 2.45) is 0 Å². The van der Waals surface area contributed by atoms with Crippen LogP contribution in [0, 0.1) is 17.0 Å². The first-order chi connectivity index (χ1) is 9.61. The highest BCUT2D eigenvalue weighted by Gasteiger charge is 2.13. The van der Waals surface area contributed by atoms with Gasteiger partial charge in [0.15, 0.2) is 0 Å². The molecule has 1 aromatic heterocycles. The number of nitrogens with zero attached hydrogens (tertiary/aromatic N) is 2. The molecule has 0 fully saturated rings. The van der Waals surface area contributed by atoms with E-state index in [1.807, 2.05) is 25.1 Å². The second kappa shape index (κ2) is 6.14. The van der Waals surface area contributed by atoms with Gasteiger partial charge in [0.25, 0.3) is 5.69 Å². The molecule has 5 nitrogen and oxygen atoms in total. The standard InChI is InChI=1S/C15H17N3O2/c1-3-12-5-4-8-16-14(12)10-17-13-7-6-11(2)9-15(13)18(19)20/h4-9,17H,3,10H2,1-2H3. The van der Waals surface area contributed by atoms with Gasteiger partial charge in [-0.3, -0.25) is 15.1 Å². The number of hydrogen-bond acceptors (Lipinski definition) is 4. The van der Waals surface area contributed by atoms with Crippen molar-refractivity contribution in [1.82, 2.24) is 4.98 Å². The van der Waals surface area contributed by atoms with Gasteiger partial charge in [0.1, 0.15) is 5.69 Å². The van der Waals surface area contributed by atoms with Crippen LogP contribution >= 0.6 is 0 Å². The van der Waals surface area contributed by atoms with Crippen LogP contribution in [0.4, 0.5) is 11.4 Å². The number of hydrogen-bond donors (Lipinski definition) is 1. The molecule has 2 rings (SSSR count). The zero-order chi connectivity index (χ0) is 14.5. The molecule has 0 aliphatic heterocycles. The number of benzene rings is 1. The molecule has 0 radical (unpaired) electrons. The summed E-state index contributed by atoms with van der Waals surface area (Å²) in [5, 5.41) is 14.2. The molecule has 1 aromatic carbocycles. The van der Waals surface area contributed by atoms with Crippen molar-refractivity contribution >= 4 is 11.4 Å².